The molecule has 7 heteroatoms. The number of carbonyl (C=O) groups excluding carboxylic acids is 2. The van der Waals surface area contributed by atoms with Gasteiger partial charge < -0.3 is 19.7 Å². The summed E-state index contributed by atoms with van der Waals surface area (Å²) in [4.78, 5) is 26.2. The van der Waals surface area contributed by atoms with Gasteiger partial charge in [-0.15, -0.1) is 0 Å². The van der Waals surface area contributed by atoms with Crippen LogP contribution >= 0.6 is 11.6 Å². The van der Waals surface area contributed by atoms with Crippen LogP contribution in [0.25, 0.3) is 0 Å². The highest BCUT2D eigenvalue weighted by Crippen LogP contribution is 2.32. The molecular formula is C17H23ClN2O4. The van der Waals surface area contributed by atoms with Gasteiger partial charge in [0.25, 0.3) is 0 Å². The van der Waals surface area contributed by atoms with Gasteiger partial charge in [0.2, 0.25) is 11.8 Å². The van der Waals surface area contributed by atoms with Crippen molar-refractivity contribution in [2.24, 2.45) is 5.92 Å². The fourth-order valence-corrected chi connectivity index (χ4v) is 2.88. The average Bonchev–Trinajstić information content (AvgIpc) is 2.92. The maximum absolute atomic E-state index is 12.5. The number of amides is 2. The normalized spacial score (nSPS) is 17.2. The minimum absolute atomic E-state index is 0.00510. The van der Waals surface area contributed by atoms with Crippen LogP contribution in [0.15, 0.2) is 12.1 Å². The summed E-state index contributed by atoms with van der Waals surface area (Å²) in [7, 11) is 3.15. The van der Waals surface area contributed by atoms with Crippen molar-refractivity contribution in [2.45, 2.75) is 19.8 Å². The highest BCUT2D eigenvalue weighted by molar-refractivity contribution is 6.31. The van der Waals surface area contributed by atoms with E-state index in [0.29, 0.717) is 36.2 Å². The van der Waals surface area contributed by atoms with Gasteiger partial charge in [0.05, 0.1) is 18.7 Å². The fraction of sp³-hybridized carbons (Fsp3) is 0.529. The number of rotatable bonds is 7. The van der Waals surface area contributed by atoms with Crippen LogP contribution in [0.4, 0.5) is 5.69 Å². The van der Waals surface area contributed by atoms with Crippen LogP contribution in [-0.4, -0.2) is 50.6 Å². The third kappa shape index (κ3) is 4.39. The highest BCUT2D eigenvalue weighted by atomic mass is 35.5. The predicted octanol–water partition coefficient (Wildman–Crippen LogP) is 2.48. The average molecular weight is 355 g/mol. The van der Waals surface area contributed by atoms with Crippen molar-refractivity contribution in [3.8, 4) is 5.75 Å². The van der Waals surface area contributed by atoms with Crippen molar-refractivity contribution < 1.29 is 19.1 Å². The van der Waals surface area contributed by atoms with Gasteiger partial charge in [-0.25, -0.2) is 0 Å². The van der Waals surface area contributed by atoms with Crippen molar-refractivity contribution in [3.05, 3.63) is 22.7 Å². The third-order valence-electron chi connectivity index (χ3n) is 4.10. The second-order valence-electron chi connectivity index (χ2n) is 5.88. The minimum atomic E-state index is -0.360. The van der Waals surface area contributed by atoms with E-state index in [2.05, 4.69) is 5.32 Å². The zero-order valence-electron chi connectivity index (χ0n) is 14.2. The third-order valence-corrected chi connectivity index (χ3v) is 4.51. The van der Waals surface area contributed by atoms with E-state index in [1.165, 1.54) is 7.11 Å². The van der Waals surface area contributed by atoms with Crippen molar-refractivity contribution in [1.29, 1.82) is 0 Å². The Morgan fingerprint density at radius 2 is 2.17 bits per heavy atom. The molecule has 0 bridgehead atoms. The van der Waals surface area contributed by atoms with Gasteiger partial charge >= 0.3 is 0 Å². The molecule has 1 heterocycles. The van der Waals surface area contributed by atoms with Crippen molar-refractivity contribution >= 4 is 29.1 Å². The number of benzene rings is 1. The van der Waals surface area contributed by atoms with E-state index in [0.717, 1.165) is 12.0 Å². The first-order valence-corrected chi connectivity index (χ1v) is 8.25. The molecule has 6 nitrogen and oxygen atoms in total. The number of nitrogens with one attached hydrogen (secondary N) is 1. The zero-order valence-corrected chi connectivity index (χ0v) is 15.0. The molecule has 1 unspecified atom stereocenters. The Balaban J connectivity index is 2.01. The summed E-state index contributed by atoms with van der Waals surface area (Å²) in [5.74, 6) is -0.0379. The van der Waals surface area contributed by atoms with Crippen LogP contribution < -0.4 is 10.1 Å². The Hall–Kier alpha value is -1.79. The Labute approximate surface area is 147 Å². The van der Waals surface area contributed by atoms with Crippen LogP contribution in [-0.2, 0) is 14.3 Å². The van der Waals surface area contributed by atoms with E-state index in [4.69, 9.17) is 21.1 Å². The summed E-state index contributed by atoms with van der Waals surface area (Å²) >= 11 is 6.07. The van der Waals surface area contributed by atoms with Crippen molar-refractivity contribution in [2.75, 3.05) is 39.2 Å². The van der Waals surface area contributed by atoms with Gasteiger partial charge in [-0.1, -0.05) is 11.6 Å². The topological polar surface area (TPSA) is 67.9 Å². The first-order chi connectivity index (χ1) is 11.5. The lowest BCUT2D eigenvalue weighted by atomic mass is 10.1. The molecule has 0 aliphatic carbocycles. The molecule has 1 atom stereocenters. The van der Waals surface area contributed by atoms with E-state index in [1.54, 1.807) is 24.1 Å². The van der Waals surface area contributed by atoms with Gasteiger partial charge in [0.15, 0.2) is 0 Å². The van der Waals surface area contributed by atoms with E-state index in [-0.39, 0.29) is 24.2 Å². The second-order valence-corrected chi connectivity index (χ2v) is 6.29. The van der Waals surface area contributed by atoms with Gasteiger partial charge in [0.1, 0.15) is 5.75 Å². The molecule has 1 saturated heterocycles. The molecule has 24 heavy (non-hydrogen) atoms. The van der Waals surface area contributed by atoms with E-state index >= 15 is 0 Å². The number of hydrogen-bond acceptors (Lipinski definition) is 4. The number of methoxy groups -OCH3 is 2. The standard InChI is InChI=1S/C17H23ClN2O4/c1-11-7-14(15(24-3)9-13(11)18)19-17(22)12-8-16(21)20(10-12)5-4-6-23-2/h7,9,12H,4-6,8,10H2,1-3H3,(H,19,22). The minimum Gasteiger partial charge on any atom is -0.495 e. The van der Waals surface area contributed by atoms with Gasteiger partial charge in [0, 0.05) is 44.3 Å². The highest BCUT2D eigenvalue weighted by Gasteiger charge is 2.34. The summed E-state index contributed by atoms with van der Waals surface area (Å²) in [6, 6.07) is 3.44. The maximum Gasteiger partial charge on any atom is 0.229 e. The number of carbonyl (C=O) groups is 2. The largest absolute Gasteiger partial charge is 0.495 e. The number of anilines is 1. The Morgan fingerprint density at radius 3 is 2.83 bits per heavy atom. The van der Waals surface area contributed by atoms with Gasteiger partial charge in [-0.05, 0) is 25.0 Å². The molecule has 0 saturated carbocycles. The number of halogens is 1. The van der Waals surface area contributed by atoms with Crippen molar-refractivity contribution in [3.63, 3.8) is 0 Å². The first-order valence-electron chi connectivity index (χ1n) is 7.88. The molecule has 1 aliphatic heterocycles. The first kappa shape index (κ1) is 18.5. The van der Waals surface area contributed by atoms with Crippen LogP contribution in [0.2, 0.25) is 5.02 Å². The molecule has 132 valence electrons. The SMILES string of the molecule is COCCCN1CC(C(=O)Nc2cc(C)c(Cl)cc2OC)CC1=O. The maximum atomic E-state index is 12.5. The number of nitrogens with zero attached hydrogens (tertiary/aromatic N) is 1. The Bertz CT molecular complexity index is 621. The smallest absolute Gasteiger partial charge is 0.229 e. The van der Waals surface area contributed by atoms with Gasteiger partial charge in [-0.3, -0.25) is 9.59 Å². The summed E-state index contributed by atoms with van der Waals surface area (Å²) in [5, 5.41) is 3.43. The molecule has 2 rings (SSSR count). The van der Waals surface area contributed by atoms with Crippen LogP contribution in [0.5, 0.6) is 5.75 Å². The Kier molecular flexibility index (Phi) is 6.45. The second kappa shape index (κ2) is 8.35. The molecular weight excluding hydrogens is 332 g/mol. The molecule has 0 radical (unpaired) electrons. The lowest BCUT2D eigenvalue weighted by molar-refractivity contribution is -0.128. The van der Waals surface area contributed by atoms with E-state index in [9.17, 15) is 9.59 Å². The molecule has 1 aliphatic rings. The predicted molar refractivity (Wildman–Crippen MR) is 92.6 cm³/mol. The fourth-order valence-electron chi connectivity index (χ4n) is 2.73. The van der Waals surface area contributed by atoms with Crippen LogP contribution in [0.1, 0.15) is 18.4 Å². The molecule has 1 aromatic carbocycles. The van der Waals surface area contributed by atoms with Crippen molar-refractivity contribution in [1.82, 2.24) is 4.90 Å². The molecule has 2 amide bonds. The Morgan fingerprint density at radius 1 is 1.42 bits per heavy atom. The van der Waals surface area contributed by atoms with Gasteiger partial charge in [-0.2, -0.15) is 0 Å². The molecule has 1 N–H and O–H groups in total. The van der Waals surface area contributed by atoms with E-state index in [1.807, 2.05) is 6.92 Å². The lowest BCUT2D eigenvalue weighted by Gasteiger charge is -2.17. The number of likely N-dealkylation sites (tertiary alicyclic amines) is 1. The summed E-state index contributed by atoms with van der Waals surface area (Å²) in [6.45, 7) is 3.50. The summed E-state index contributed by atoms with van der Waals surface area (Å²) in [5.41, 5.74) is 1.41. The number of aryl methyl sites for hydroxylation is 1. The summed E-state index contributed by atoms with van der Waals surface area (Å²) < 4.78 is 10.3. The molecule has 1 aromatic rings. The van der Waals surface area contributed by atoms with Crippen LogP contribution in [0, 0.1) is 12.8 Å². The van der Waals surface area contributed by atoms with E-state index < -0.39 is 0 Å². The summed E-state index contributed by atoms with van der Waals surface area (Å²) in [6.07, 6.45) is 0.995. The zero-order chi connectivity index (χ0) is 17.7. The quantitative estimate of drug-likeness (QED) is 0.764. The number of ether oxygens (including phenoxy) is 2. The molecule has 0 spiro atoms. The van der Waals surface area contributed by atoms with Crippen LogP contribution in [0.3, 0.4) is 0 Å². The molecule has 1 fully saturated rings. The molecule has 0 aromatic heterocycles. The lowest BCUT2D eigenvalue weighted by Crippen LogP contribution is -2.29. The number of hydrogen-bond donors (Lipinski definition) is 1. The monoisotopic (exact) mass is 354 g/mol.